The molecule has 2 aromatic rings. The molecule has 0 saturated carbocycles. The smallest absolute Gasteiger partial charge is 0.321 e. The van der Waals surface area contributed by atoms with E-state index in [-0.39, 0.29) is 19.6 Å². The SMILES string of the molecule is Cc1cc(C)c(S(=O)(=O)N2CCC(C(=O)OCC(=O)NC(=O)NCc3ccccc3)CC2)c(C)c1. The Balaban J connectivity index is 1.44. The number of ether oxygens (including phenoxy) is 1. The standard InChI is InChI=1S/C25H31N3O6S/c1-17-13-18(2)23(19(3)14-17)35(32,33)28-11-9-21(10-12-28)24(30)34-16-22(29)27-25(31)26-15-20-7-5-4-6-8-20/h4-8,13-14,21H,9-12,15-16H2,1-3H3,(H2,26,27,29,31). The monoisotopic (exact) mass is 501 g/mol. The second-order valence-corrected chi connectivity index (χ2v) is 10.6. The number of rotatable bonds is 7. The molecule has 1 aliphatic heterocycles. The summed E-state index contributed by atoms with van der Waals surface area (Å²) in [5.41, 5.74) is 3.27. The van der Waals surface area contributed by atoms with E-state index in [1.165, 1.54) is 4.31 Å². The topological polar surface area (TPSA) is 122 Å². The lowest BCUT2D eigenvalue weighted by atomic mass is 9.98. The molecule has 2 aromatic carbocycles. The molecule has 0 radical (unpaired) electrons. The zero-order valence-corrected chi connectivity index (χ0v) is 21.0. The fourth-order valence-electron chi connectivity index (χ4n) is 4.27. The van der Waals surface area contributed by atoms with Crippen LogP contribution in [0.3, 0.4) is 0 Å². The Kier molecular flexibility index (Phi) is 8.63. The van der Waals surface area contributed by atoms with Crippen LogP contribution in [0.4, 0.5) is 4.79 Å². The van der Waals surface area contributed by atoms with Gasteiger partial charge in [-0.25, -0.2) is 13.2 Å². The fourth-order valence-corrected chi connectivity index (χ4v) is 6.16. The number of hydrogen-bond acceptors (Lipinski definition) is 6. The number of hydrogen-bond donors (Lipinski definition) is 2. The number of carbonyl (C=O) groups excluding carboxylic acids is 3. The van der Waals surface area contributed by atoms with Crippen LogP contribution in [-0.4, -0.2) is 50.3 Å². The highest BCUT2D eigenvalue weighted by Gasteiger charge is 2.34. The lowest BCUT2D eigenvalue weighted by Gasteiger charge is -2.31. The predicted octanol–water partition coefficient (Wildman–Crippen LogP) is 2.58. The number of amides is 3. The number of carbonyl (C=O) groups is 3. The first-order valence-electron chi connectivity index (χ1n) is 11.4. The summed E-state index contributed by atoms with van der Waals surface area (Å²) in [6.07, 6.45) is 0.586. The predicted molar refractivity (Wildman–Crippen MR) is 130 cm³/mol. The van der Waals surface area contributed by atoms with E-state index in [1.807, 2.05) is 49.4 Å². The molecule has 35 heavy (non-hydrogen) atoms. The molecular formula is C25H31N3O6S. The van der Waals surface area contributed by atoms with Gasteiger partial charge in [-0.2, -0.15) is 4.31 Å². The van der Waals surface area contributed by atoms with E-state index < -0.39 is 40.5 Å². The van der Waals surface area contributed by atoms with Gasteiger partial charge in [0, 0.05) is 19.6 Å². The summed E-state index contributed by atoms with van der Waals surface area (Å²) in [7, 11) is -3.68. The van der Waals surface area contributed by atoms with Gasteiger partial charge in [0.1, 0.15) is 0 Å². The molecule has 0 bridgehead atoms. The Bertz CT molecular complexity index is 1170. The molecule has 188 valence electrons. The van der Waals surface area contributed by atoms with Crippen molar-refractivity contribution in [3.8, 4) is 0 Å². The number of esters is 1. The van der Waals surface area contributed by atoms with Crippen LogP contribution in [0.1, 0.15) is 35.1 Å². The Morgan fingerprint density at radius 2 is 1.60 bits per heavy atom. The van der Waals surface area contributed by atoms with Crippen LogP contribution in [0.5, 0.6) is 0 Å². The van der Waals surface area contributed by atoms with Gasteiger partial charge in [0.25, 0.3) is 5.91 Å². The lowest BCUT2D eigenvalue weighted by Crippen LogP contribution is -2.43. The minimum atomic E-state index is -3.68. The number of sulfonamides is 1. The molecule has 0 spiro atoms. The van der Waals surface area contributed by atoms with Crippen molar-refractivity contribution in [1.29, 1.82) is 0 Å². The van der Waals surface area contributed by atoms with Gasteiger partial charge in [-0.15, -0.1) is 0 Å². The van der Waals surface area contributed by atoms with Gasteiger partial charge in [0.2, 0.25) is 10.0 Å². The molecule has 0 aromatic heterocycles. The molecule has 1 aliphatic rings. The van der Waals surface area contributed by atoms with Crippen molar-refractivity contribution in [3.05, 3.63) is 64.7 Å². The van der Waals surface area contributed by atoms with E-state index in [1.54, 1.807) is 13.8 Å². The van der Waals surface area contributed by atoms with Gasteiger partial charge in [-0.1, -0.05) is 48.0 Å². The summed E-state index contributed by atoms with van der Waals surface area (Å²) >= 11 is 0. The van der Waals surface area contributed by atoms with Crippen LogP contribution in [0.25, 0.3) is 0 Å². The lowest BCUT2D eigenvalue weighted by molar-refractivity contribution is -0.153. The van der Waals surface area contributed by atoms with Gasteiger partial charge in [-0.3, -0.25) is 14.9 Å². The normalized spacial score (nSPS) is 14.8. The molecule has 0 atom stereocenters. The third-order valence-corrected chi connectivity index (χ3v) is 8.09. The van der Waals surface area contributed by atoms with E-state index >= 15 is 0 Å². The molecule has 9 nitrogen and oxygen atoms in total. The third kappa shape index (κ3) is 6.89. The zero-order chi connectivity index (χ0) is 25.6. The molecule has 1 fully saturated rings. The summed E-state index contributed by atoms with van der Waals surface area (Å²) in [6.45, 7) is 5.52. The number of piperidine rings is 1. The highest BCUT2D eigenvalue weighted by molar-refractivity contribution is 7.89. The second-order valence-electron chi connectivity index (χ2n) is 8.73. The van der Waals surface area contributed by atoms with Gasteiger partial charge in [0.05, 0.1) is 10.8 Å². The number of benzene rings is 2. The largest absolute Gasteiger partial charge is 0.455 e. The quantitative estimate of drug-likeness (QED) is 0.563. The van der Waals surface area contributed by atoms with E-state index in [0.29, 0.717) is 28.9 Å². The third-order valence-electron chi connectivity index (χ3n) is 5.88. The molecule has 3 amide bonds. The summed E-state index contributed by atoms with van der Waals surface area (Å²) in [5.74, 6) is -1.83. The average molecular weight is 502 g/mol. The summed E-state index contributed by atoms with van der Waals surface area (Å²) in [6, 6.07) is 12.2. The fraction of sp³-hybridized carbons (Fsp3) is 0.400. The van der Waals surface area contributed by atoms with Crippen LogP contribution in [-0.2, 0) is 30.9 Å². The van der Waals surface area contributed by atoms with Crippen LogP contribution in [0.15, 0.2) is 47.4 Å². The van der Waals surface area contributed by atoms with E-state index in [9.17, 15) is 22.8 Å². The van der Waals surface area contributed by atoms with Gasteiger partial charge in [-0.05, 0) is 50.3 Å². The van der Waals surface area contributed by atoms with E-state index in [0.717, 1.165) is 11.1 Å². The first kappa shape index (κ1) is 26.4. The number of nitrogens with one attached hydrogen (secondary N) is 2. The molecule has 2 N–H and O–H groups in total. The van der Waals surface area contributed by atoms with Crippen LogP contribution in [0, 0.1) is 26.7 Å². The number of urea groups is 1. The van der Waals surface area contributed by atoms with Crippen LogP contribution < -0.4 is 10.6 Å². The van der Waals surface area contributed by atoms with Gasteiger partial charge in [0.15, 0.2) is 6.61 Å². The summed E-state index contributed by atoms with van der Waals surface area (Å²) < 4.78 is 32.9. The van der Waals surface area contributed by atoms with E-state index in [2.05, 4.69) is 10.6 Å². The van der Waals surface area contributed by atoms with Crippen molar-refractivity contribution in [2.75, 3.05) is 19.7 Å². The van der Waals surface area contributed by atoms with Gasteiger partial charge < -0.3 is 10.1 Å². The minimum absolute atomic E-state index is 0.183. The maximum absolute atomic E-state index is 13.2. The van der Waals surface area contributed by atoms with Crippen molar-refractivity contribution >= 4 is 27.9 Å². The van der Waals surface area contributed by atoms with Crippen molar-refractivity contribution in [3.63, 3.8) is 0 Å². The molecule has 1 saturated heterocycles. The number of nitrogens with zero attached hydrogens (tertiary/aromatic N) is 1. The van der Waals surface area contributed by atoms with Crippen molar-refractivity contribution in [1.82, 2.24) is 14.9 Å². The molecule has 10 heteroatoms. The molecular weight excluding hydrogens is 470 g/mol. The van der Waals surface area contributed by atoms with Crippen molar-refractivity contribution in [2.45, 2.75) is 45.1 Å². The van der Waals surface area contributed by atoms with Crippen LogP contribution >= 0.6 is 0 Å². The second kappa shape index (κ2) is 11.5. The number of imide groups is 1. The maximum Gasteiger partial charge on any atom is 0.321 e. The van der Waals surface area contributed by atoms with Gasteiger partial charge >= 0.3 is 12.0 Å². The number of aryl methyl sites for hydroxylation is 3. The Hall–Kier alpha value is -3.24. The average Bonchev–Trinajstić information content (AvgIpc) is 2.81. The zero-order valence-electron chi connectivity index (χ0n) is 20.2. The van der Waals surface area contributed by atoms with E-state index in [4.69, 9.17) is 4.74 Å². The highest BCUT2D eigenvalue weighted by Crippen LogP contribution is 2.29. The maximum atomic E-state index is 13.2. The molecule has 0 unspecified atom stereocenters. The van der Waals surface area contributed by atoms with Crippen molar-refractivity contribution < 1.29 is 27.5 Å². The summed E-state index contributed by atoms with van der Waals surface area (Å²) in [5, 5.41) is 4.66. The Morgan fingerprint density at radius 3 is 2.20 bits per heavy atom. The summed E-state index contributed by atoms with van der Waals surface area (Å²) in [4.78, 5) is 36.5. The van der Waals surface area contributed by atoms with Crippen molar-refractivity contribution in [2.24, 2.45) is 5.92 Å². The molecule has 3 rings (SSSR count). The first-order valence-corrected chi connectivity index (χ1v) is 12.9. The Labute approximate surface area is 205 Å². The highest BCUT2D eigenvalue weighted by atomic mass is 32.2. The Morgan fingerprint density at radius 1 is 1.00 bits per heavy atom. The molecule has 1 heterocycles. The van der Waals surface area contributed by atoms with Crippen LogP contribution in [0.2, 0.25) is 0 Å². The molecule has 0 aliphatic carbocycles. The minimum Gasteiger partial charge on any atom is -0.455 e. The first-order chi connectivity index (χ1) is 16.6.